The quantitative estimate of drug-likeness (QED) is 0.354. The fraction of sp³-hybridized carbons (Fsp3) is 0.300. The second kappa shape index (κ2) is 7.15. The lowest BCUT2D eigenvalue weighted by atomic mass is 9.75. The summed E-state index contributed by atoms with van der Waals surface area (Å²) in [6.45, 7) is 6.97. The first-order valence-corrected chi connectivity index (χ1v) is 9.99. The summed E-state index contributed by atoms with van der Waals surface area (Å²) in [5, 5.41) is 1.34. The van der Waals surface area contributed by atoms with Crippen LogP contribution in [0.4, 0.5) is 0 Å². The Kier molecular flexibility index (Phi) is 5.18. The Labute approximate surface area is 148 Å². The van der Waals surface area contributed by atoms with Crippen molar-refractivity contribution in [1.29, 1.82) is 0 Å². The van der Waals surface area contributed by atoms with Crippen LogP contribution in [0.15, 0.2) is 59.5 Å². The lowest BCUT2D eigenvalue weighted by Gasteiger charge is -2.23. The molecule has 1 heterocycles. The van der Waals surface area contributed by atoms with E-state index in [1.165, 1.54) is 45.4 Å². The predicted molar refractivity (Wildman–Crippen MR) is 110 cm³/mol. The van der Waals surface area contributed by atoms with Gasteiger partial charge in [0.25, 0.3) is 0 Å². The summed E-state index contributed by atoms with van der Waals surface area (Å²) in [4.78, 5) is 2.73. The first kappa shape index (κ1) is 16.7. The highest BCUT2D eigenvalue weighted by Gasteiger charge is 2.18. The number of hydrogen-bond acceptors (Lipinski definition) is 2. The summed E-state index contributed by atoms with van der Waals surface area (Å²) in [5.41, 5.74) is 1.32. The molecule has 0 saturated carbocycles. The van der Waals surface area contributed by atoms with Gasteiger partial charge in [0.05, 0.1) is 0 Å². The molecule has 0 amide bonds. The van der Waals surface area contributed by atoms with Gasteiger partial charge in [-0.2, -0.15) is 0 Å². The summed E-state index contributed by atoms with van der Waals surface area (Å²) >= 11 is 3.87. The maximum absolute atomic E-state index is 2.35. The maximum Gasteiger partial charge on any atom is 0.117 e. The van der Waals surface area contributed by atoms with Crippen molar-refractivity contribution in [3.8, 4) is 10.4 Å². The molecule has 0 N–H and O–H groups in total. The summed E-state index contributed by atoms with van der Waals surface area (Å²) < 4.78 is 1.68. The van der Waals surface area contributed by atoms with E-state index in [1.54, 1.807) is 0 Å². The normalized spacial score (nSPS) is 11.8. The van der Waals surface area contributed by atoms with Crippen molar-refractivity contribution in [3.05, 3.63) is 54.6 Å². The van der Waals surface area contributed by atoms with Gasteiger partial charge >= 0.3 is 0 Å². The summed E-state index contributed by atoms with van der Waals surface area (Å²) in [5.74, 6) is 0. The largest absolute Gasteiger partial charge is 0.135 e. The zero-order chi connectivity index (χ0) is 16.3. The molecule has 1 aromatic heterocycles. The lowest BCUT2D eigenvalue weighted by Crippen LogP contribution is -2.14. The maximum atomic E-state index is 2.35. The van der Waals surface area contributed by atoms with Gasteiger partial charge in [-0.15, -0.1) is 23.1 Å². The lowest BCUT2D eigenvalue weighted by molar-refractivity contribution is 0.682. The fourth-order valence-electron chi connectivity index (χ4n) is 2.78. The molecule has 0 atom stereocenters. The second-order valence-electron chi connectivity index (χ2n) is 6.64. The molecule has 0 saturated heterocycles. The van der Waals surface area contributed by atoms with E-state index in [2.05, 4.69) is 75.3 Å². The van der Waals surface area contributed by atoms with Crippen molar-refractivity contribution in [2.75, 3.05) is 0 Å². The van der Waals surface area contributed by atoms with Crippen LogP contribution < -0.4 is 0 Å². The smallest absolute Gasteiger partial charge is 0.117 e. The highest BCUT2D eigenvalue weighted by atomic mass is 32.2. The molecule has 118 valence electrons. The topological polar surface area (TPSA) is 0 Å². The number of benzene rings is 2. The van der Waals surface area contributed by atoms with Crippen molar-refractivity contribution >= 4 is 40.5 Å². The monoisotopic (exact) mass is 338 g/mol. The van der Waals surface area contributed by atoms with Crippen LogP contribution >= 0.6 is 23.1 Å². The molecule has 0 aliphatic heterocycles. The minimum absolute atomic E-state index is 0.315. The van der Waals surface area contributed by atoms with Gasteiger partial charge in [-0.05, 0) is 41.6 Å². The molecule has 3 aromatic rings. The molecule has 0 unspecified atom stereocenters. The Hall–Kier alpha value is -1.19. The molecule has 23 heavy (non-hydrogen) atoms. The van der Waals surface area contributed by atoms with Crippen molar-refractivity contribution < 1.29 is 0 Å². The third kappa shape index (κ3) is 4.21. The third-order valence-corrected chi connectivity index (χ3v) is 6.52. The van der Waals surface area contributed by atoms with Crippen molar-refractivity contribution in [2.45, 2.75) is 43.1 Å². The Morgan fingerprint density at radius 2 is 1.78 bits per heavy atom. The first-order chi connectivity index (χ1) is 11.1. The molecule has 0 aliphatic rings. The van der Waals surface area contributed by atoms with Crippen LogP contribution in [0.1, 0.15) is 20.3 Å². The summed E-state index contributed by atoms with van der Waals surface area (Å²) in [6.07, 6.45) is 2.58. The predicted octanol–water partition coefficient (Wildman–Crippen LogP) is 6.73. The highest BCUT2D eigenvalue weighted by Crippen LogP contribution is 2.38. The molecule has 3 rings (SSSR count). The van der Waals surface area contributed by atoms with Gasteiger partial charge in [-0.3, -0.25) is 0 Å². The molecule has 0 radical (unpaired) electrons. The molecule has 3 heteroatoms. The molecule has 0 bridgehead atoms. The van der Waals surface area contributed by atoms with E-state index in [1.807, 2.05) is 23.1 Å². The minimum Gasteiger partial charge on any atom is -0.135 e. The summed E-state index contributed by atoms with van der Waals surface area (Å²) in [6, 6.07) is 20.0. The van der Waals surface area contributed by atoms with E-state index in [9.17, 15) is 0 Å². The molecular formula is C20H23BS2. The Morgan fingerprint density at radius 3 is 2.48 bits per heavy atom. The fourth-order valence-corrected chi connectivity index (χ4v) is 5.01. The van der Waals surface area contributed by atoms with Crippen LogP contribution in [0, 0.1) is 0 Å². The average Bonchev–Trinajstić information content (AvgIpc) is 2.97. The minimum atomic E-state index is 0.315. The van der Waals surface area contributed by atoms with Crippen LogP contribution in [0.2, 0.25) is 13.1 Å². The number of thiophene rings is 1. The van der Waals surface area contributed by atoms with E-state index >= 15 is 0 Å². The van der Waals surface area contributed by atoms with Gasteiger partial charge in [-0.25, -0.2) is 0 Å². The molecular weight excluding hydrogens is 315 g/mol. The van der Waals surface area contributed by atoms with Gasteiger partial charge in [0.2, 0.25) is 0 Å². The van der Waals surface area contributed by atoms with E-state index in [0.29, 0.717) is 4.75 Å². The van der Waals surface area contributed by atoms with Gasteiger partial charge in [0.15, 0.2) is 0 Å². The molecule has 0 nitrogen and oxygen atoms in total. The second-order valence-corrected chi connectivity index (χ2v) is 9.50. The highest BCUT2D eigenvalue weighted by molar-refractivity contribution is 8.00. The Morgan fingerprint density at radius 1 is 1.04 bits per heavy atom. The third-order valence-electron chi connectivity index (χ3n) is 4.09. The van der Waals surface area contributed by atoms with Crippen LogP contribution in [0.5, 0.6) is 0 Å². The van der Waals surface area contributed by atoms with Crippen LogP contribution in [-0.4, -0.2) is 12.0 Å². The number of hydrogen-bond donors (Lipinski definition) is 0. The number of thioether (sulfide) groups is 1. The summed E-state index contributed by atoms with van der Waals surface area (Å²) in [7, 11) is 1.27. The van der Waals surface area contributed by atoms with Crippen molar-refractivity contribution in [3.63, 3.8) is 0 Å². The van der Waals surface area contributed by atoms with E-state index in [4.69, 9.17) is 0 Å². The first-order valence-electron chi connectivity index (χ1n) is 8.35. The molecule has 2 aromatic carbocycles. The number of rotatable bonds is 6. The Balaban J connectivity index is 1.76. The van der Waals surface area contributed by atoms with E-state index in [-0.39, 0.29) is 0 Å². The van der Waals surface area contributed by atoms with Crippen LogP contribution in [0.25, 0.3) is 20.5 Å². The van der Waals surface area contributed by atoms with E-state index in [0.717, 1.165) is 0 Å². The number of fused-ring (bicyclic) bond motifs is 1. The van der Waals surface area contributed by atoms with Crippen LogP contribution in [-0.2, 0) is 0 Å². The molecule has 0 spiro atoms. The zero-order valence-corrected chi connectivity index (χ0v) is 15.8. The molecule has 0 aliphatic carbocycles. The Bertz CT molecular complexity index is 739. The van der Waals surface area contributed by atoms with Gasteiger partial charge in [0.1, 0.15) is 7.28 Å². The van der Waals surface area contributed by atoms with Gasteiger partial charge in [0, 0.05) is 19.2 Å². The van der Waals surface area contributed by atoms with Crippen LogP contribution in [0.3, 0.4) is 0 Å². The van der Waals surface area contributed by atoms with Gasteiger partial charge < -0.3 is 0 Å². The van der Waals surface area contributed by atoms with Gasteiger partial charge in [-0.1, -0.05) is 57.3 Å². The van der Waals surface area contributed by atoms with Crippen molar-refractivity contribution in [2.24, 2.45) is 0 Å². The zero-order valence-electron chi connectivity index (χ0n) is 14.1. The van der Waals surface area contributed by atoms with Crippen molar-refractivity contribution in [1.82, 2.24) is 0 Å². The SMILES string of the molecule is CBCCC(C)(C)Sc1ccc(-c2cc3ccccc3s2)cc1. The average molecular weight is 338 g/mol. The van der Waals surface area contributed by atoms with E-state index < -0.39 is 0 Å². The molecule has 0 fully saturated rings. The standard InChI is InChI=1S/C20H23BS2/c1-20(2,12-13-21-3)23-17-10-8-15(9-11-17)19-14-16-6-4-5-7-18(16)22-19/h4-11,14,21H,12-13H2,1-3H3.